The van der Waals surface area contributed by atoms with Crippen LogP contribution in [0.15, 0.2) is 0 Å². The largest absolute Gasteiger partial charge is 0.480 e. The van der Waals surface area contributed by atoms with E-state index in [1.54, 1.807) is 9.80 Å². The molecule has 0 heterocycles. The third-order valence-corrected chi connectivity index (χ3v) is 2.44. The van der Waals surface area contributed by atoms with Crippen molar-refractivity contribution < 1.29 is 19.8 Å². The molecule has 106 valence electrons. The highest BCUT2D eigenvalue weighted by Crippen LogP contribution is 1.94. The lowest BCUT2D eigenvalue weighted by Gasteiger charge is -2.25. The van der Waals surface area contributed by atoms with Crippen LogP contribution in [0.5, 0.6) is 0 Å². The van der Waals surface area contributed by atoms with Gasteiger partial charge in [0.25, 0.3) is 0 Å². The lowest BCUT2D eigenvalue weighted by atomic mass is 10.3. The predicted octanol–water partition coefficient (Wildman–Crippen LogP) is -0.872. The summed E-state index contributed by atoms with van der Waals surface area (Å²) in [7, 11) is 0. The lowest BCUT2D eigenvalue weighted by molar-refractivity contribution is -0.140. The Hall–Kier alpha value is -1.18. The van der Waals surface area contributed by atoms with Gasteiger partial charge >= 0.3 is 11.9 Å². The zero-order valence-electron chi connectivity index (χ0n) is 10.8. The van der Waals surface area contributed by atoms with Crippen molar-refractivity contribution in [1.82, 2.24) is 9.80 Å². The van der Waals surface area contributed by atoms with Gasteiger partial charge < -0.3 is 15.9 Å². The van der Waals surface area contributed by atoms with E-state index in [9.17, 15) is 9.59 Å². The Morgan fingerprint density at radius 2 is 1.39 bits per heavy atom. The van der Waals surface area contributed by atoms with Gasteiger partial charge in [-0.05, 0) is 13.0 Å². The van der Waals surface area contributed by atoms with E-state index in [4.69, 9.17) is 15.9 Å². The summed E-state index contributed by atoms with van der Waals surface area (Å²) >= 11 is 0. The second-order valence-electron chi connectivity index (χ2n) is 4.13. The van der Waals surface area contributed by atoms with Gasteiger partial charge in [0, 0.05) is 26.2 Å². The number of carboxylic acid groups (broad SMARTS) is 2. The van der Waals surface area contributed by atoms with Gasteiger partial charge in [0.1, 0.15) is 0 Å². The van der Waals surface area contributed by atoms with E-state index in [1.807, 2.05) is 6.92 Å². The number of carboxylic acids is 2. The van der Waals surface area contributed by atoms with E-state index in [0.29, 0.717) is 32.7 Å². The molecular weight excluding hydrogens is 238 g/mol. The van der Waals surface area contributed by atoms with Crippen LogP contribution in [0.4, 0.5) is 0 Å². The Bertz CT molecular complexity index is 235. The normalized spacial score (nSPS) is 11.1. The van der Waals surface area contributed by atoms with E-state index in [1.165, 1.54) is 0 Å². The molecular formula is C11H23N3O4. The lowest BCUT2D eigenvalue weighted by Crippen LogP contribution is -2.41. The average molecular weight is 261 g/mol. The summed E-state index contributed by atoms with van der Waals surface area (Å²) in [4.78, 5) is 24.8. The highest BCUT2D eigenvalue weighted by Gasteiger charge is 2.13. The maximum absolute atomic E-state index is 10.7. The Morgan fingerprint density at radius 3 is 1.72 bits per heavy atom. The van der Waals surface area contributed by atoms with E-state index in [2.05, 4.69) is 0 Å². The van der Waals surface area contributed by atoms with Gasteiger partial charge in [-0.2, -0.15) is 0 Å². The van der Waals surface area contributed by atoms with Gasteiger partial charge in [-0.15, -0.1) is 0 Å². The first-order valence-electron chi connectivity index (χ1n) is 6.08. The van der Waals surface area contributed by atoms with Crippen molar-refractivity contribution in [2.24, 2.45) is 5.73 Å². The summed E-state index contributed by atoms with van der Waals surface area (Å²) in [5.74, 6) is -1.77. The van der Waals surface area contributed by atoms with Gasteiger partial charge in [-0.3, -0.25) is 19.4 Å². The molecule has 7 heteroatoms. The fraction of sp³-hybridized carbons (Fsp3) is 0.818. The number of hydrogen-bond acceptors (Lipinski definition) is 5. The Kier molecular flexibility index (Phi) is 9.17. The average Bonchev–Trinajstić information content (AvgIpc) is 2.24. The molecule has 0 atom stereocenters. The van der Waals surface area contributed by atoms with Crippen molar-refractivity contribution in [3.05, 3.63) is 0 Å². The number of hydrogen-bond donors (Lipinski definition) is 3. The van der Waals surface area contributed by atoms with Crippen molar-refractivity contribution in [2.45, 2.75) is 13.3 Å². The van der Waals surface area contributed by atoms with Crippen molar-refractivity contribution in [3.63, 3.8) is 0 Å². The summed E-state index contributed by atoms with van der Waals surface area (Å²) in [5, 5.41) is 17.5. The minimum absolute atomic E-state index is 0.0165. The standard InChI is InChI=1S/C11H23N3O4/c1-2-4-13(8-10(15)16)6-7-14(5-3-12)9-11(17)18/h2-9,12H2,1H3,(H,15,16)(H,17,18). The SMILES string of the molecule is CCCN(CCN(CCN)CC(=O)O)CC(=O)O. The number of nitrogens with zero attached hydrogens (tertiary/aromatic N) is 2. The van der Waals surface area contributed by atoms with Gasteiger partial charge in [-0.25, -0.2) is 0 Å². The predicted molar refractivity (Wildman–Crippen MR) is 67.5 cm³/mol. The van der Waals surface area contributed by atoms with Gasteiger partial charge in [0.2, 0.25) is 0 Å². The molecule has 0 aromatic heterocycles. The minimum atomic E-state index is -0.899. The molecule has 7 nitrogen and oxygen atoms in total. The highest BCUT2D eigenvalue weighted by molar-refractivity contribution is 5.69. The smallest absolute Gasteiger partial charge is 0.317 e. The van der Waals surface area contributed by atoms with Crippen molar-refractivity contribution in [3.8, 4) is 0 Å². The molecule has 0 aliphatic rings. The van der Waals surface area contributed by atoms with Crippen molar-refractivity contribution >= 4 is 11.9 Å². The van der Waals surface area contributed by atoms with Gasteiger partial charge in [0.15, 0.2) is 0 Å². The first kappa shape index (κ1) is 16.8. The Labute approximate surface area is 107 Å². The summed E-state index contributed by atoms with van der Waals surface area (Å²) in [6.07, 6.45) is 0.864. The van der Waals surface area contributed by atoms with Crippen LogP contribution in [-0.4, -0.2) is 77.8 Å². The zero-order valence-corrected chi connectivity index (χ0v) is 10.8. The van der Waals surface area contributed by atoms with E-state index < -0.39 is 11.9 Å². The zero-order chi connectivity index (χ0) is 14.0. The molecule has 0 amide bonds. The van der Waals surface area contributed by atoms with Crippen LogP contribution in [0.2, 0.25) is 0 Å². The van der Waals surface area contributed by atoms with Gasteiger partial charge in [0.05, 0.1) is 13.1 Å². The first-order chi connectivity index (χ1) is 8.49. The van der Waals surface area contributed by atoms with Crippen LogP contribution >= 0.6 is 0 Å². The van der Waals surface area contributed by atoms with Crippen molar-refractivity contribution in [2.75, 3.05) is 45.8 Å². The molecule has 0 saturated carbocycles. The molecule has 0 radical (unpaired) electrons. The van der Waals surface area contributed by atoms with Crippen LogP contribution in [0, 0.1) is 0 Å². The number of aliphatic carboxylic acids is 2. The Balaban J connectivity index is 4.16. The van der Waals surface area contributed by atoms with Crippen LogP contribution in [0.3, 0.4) is 0 Å². The molecule has 18 heavy (non-hydrogen) atoms. The summed E-state index contributed by atoms with van der Waals surface area (Å²) < 4.78 is 0. The number of rotatable bonds is 11. The molecule has 0 unspecified atom stereocenters. The number of nitrogens with two attached hydrogens (primary N) is 1. The van der Waals surface area contributed by atoms with Crippen molar-refractivity contribution in [1.29, 1.82) is 0 Å². The van der Waals surface area contributed by atoms with E-state index in [0.717, 1.165) is 6.42 Å². The molecule has 0 aliphatic carbocycles. The fourth-order valence-electron chi connectivity index (χ4n) is 1.70. The second-order valence-corrected chi connectivity index (χ2v) is 4.13. The topological polar surface area (TPSA) is 107 Å². The van der Waals surface area contributed by atoms with Crippen LogP contribution in [0.1, 0.15) is 13.3 Å². The molecule has 0 aromatic rings. The van der Waals surface area contributed by atoms with Crippen LogP contribution in [0.25, 0.3) is 0 Å². The first-order valence-corrected chi connectivity index (χ1v) is 6.08. The highest BCUT2D eigenvalue weighted by atomic mass is 16.4. The summed E-state index contributed by atoms with van der Waals surface area (Å²) in [5.41, 5.74) is 5.41. The van der Waals surface area contributed by atoms with E-state index >= 15 is 0 Å². The maximum atomic E-state index is 10.7. The quantitative estimate of drug-likeness (QED) is 0.443. The minimum Gasteiger partial charge on any atom is -0.480 e. The molecule has 0 rings (SSSR count). The Morgan fingerprint density at radius 1 is 0.944 bits per heavy atom. The molecule has 0 spiro atoms. The van der Waals surface area contributed by atoms with E-state index in [-0.39, 0.29) is 13.1 Å². The molecule has 0 aromatic carbocycles. The molecule has 0 aliphatic heterocycles. The third kappa shape index (κ3) is 8.91. The maximum Gasteiger partial charge on any atom is 0.317 e. The summed E-state index contributed by atoms with van der Waals surface area (Å²) in [6.45, 7) is 4.52. The molecule has 0 bridgehead atoms. The van der Waals surface area contributed by atoms with Crippen LogP contribution < -0.4 is 5.73 Å². The van der Waals surface area contributed by atoms with Crippen LogP contribution in [-0.2, 0) is 9.59 Å². The van der Waals surface area contributed by atoms with Gasteiger partial charge in [-0.1, -0.05) is 6.92 Å². The molecule has 0 saturated heterocycles. The molecule has 0 fully saturated rings. The third-order valence-electron chi connectivity index (χ3n) is 2.44. The monoisotopic (exact) mass is 261 g/mol. The fourth-order valence-corrected chi connectivity index (χ4v) is 1.70. The molecule has 4 N–H and O–H groups in total. The second kappa shape index (κ2) is 9.81. The number of carbonyl (C=O) groups is 2. The summed E-state index contributed by atoms with van der Waals surface area (Å²) in [6, 6.07) is 0.